The van der Waals surface area contributed by atoms with E-state index in [1.807, 2.05) is 5.38 Å². The van der Waals surface area contributed by atoms with Crippen LogP contribution >= 0.6 is 11.3 Å². The molecule has 0 aliphatic heterocycles. The van der Waals surface area contributed by atoms with E-state index in [4.69, 9.17) is 4.74 Å². The molecule has 3 nitrogen and oxygen atoms in total. The number of hydrogen-bond acceptors (Lipinski definition) is 4. The first kappa shape index (κ1) is 14.0. The fourth-order valence-electron chi connectivity index (χ4n) is 1.67. The fourth-order valence-corrected chi connectivity index (χ4v) is 2.50. The van der Waals surface area contributed by atoms with Crippen molar-refractivity contribution in [3.8, 4) is 11.3 Å². The van der Waals surface area contributed by atoms with Gasteiger partial charge in [0.2, 0.25) is 0 Å². The third-order valence-corrected chi connectivity index (χ3v) is 3.54. The van der Waals surface area contributed by atoms with Crippen LogP contribution in [0.5, 0.6) is 0 Å². The minimum absolute atomic E-state index is 0.231. The lowest BCUT2D eigenvalue weighted by Crippen LogP contribution is -2.16. The molecule has 0 radical (unpaired) electrons. The number of methoxy groups -OCH3 is 1. The summed E-state index contributed by atoms with van der Waals surface area (Å²) in [5.41, 5.74) is 1.79. The average Bonchev–Trinajstić information content (AvgIpc) is 2.85. The molecule has 1 aromatic carbocycles. The van der Waals surface area contributed by atoms with Gasteiger partial charge in [-0.3, -0.25) is 0 Å². The molecule has 0 aliphatic carbocycles. The predicted molar refractivity (Wildman–Crippen MR) is 77.1 cm³/mol. The van der Waals surface area contributed by atoms with E-state index in [1.165, 1.54) is 12.1 Å². The summed E-state index contributed by atoms with van der Waals surface area (Å²) in [5.74, 6) is -0.231. The van der Waals surface area contributed by atoms with E-state index in [9.17, 15) is 4.39 Å². The van der Waals surface area contributed by atoms with Crippen LogP contribution < -0.4 is 5.32 Å². The first-order chi connectivity index (χ1) is 9.19. The number of benzene rings is 1. The molecule has 2 aromatic rings. The molecular formula is C14H17FN2OS. The number of ether oxygens (including phenoxy) is 1. The topological polar surface area (TPSA) is 34.1 Å². The van der Waals surface area contributed by atoms with Gasteiger partial charge < -0.3 is 10.1 Å². The van der Waals surface area contributed by atoms with Gasteiger partial charge >= 0.3 is 0 Å². The largest absolute Gasteiger partial charge is 0.385 e. The lowest BCUT2D eigenvalue weighted by Gasteiger charge is -2.11. The number of halogens is 1. The fraction of sp³-hybridized carbons (Fsp3) is 0.357. The Kier molecular flexibility index (Phi) is 4.87. The monoisotopic (exact) mass is 280 g/mol. The van der Waals surface area contributed by atoms with Gasteiger partial charge in [0, 0.05) is 30.7 Å². The maximum Gasteiger partial charge on any atom is 0.183 e. The predicted octanol–water partition coefficient (Wildman–Crippen LogP) is 3.79. The molecule has 0 amide bonds. The Balaban J connectivity index is 2.00. The van der Waals surface area contributed by atoms with Crippen molar-refractivity contribution in [3.05, 3.63) is 35.5 Å². The molecule has 0 aliphatic rings. The second kappa shape index (κ2) is 6.63. The standard InChI is InChI=1S/C14H17FN2OS/c1-10(7-8-18-2)16-14-17-13(9-19-14)11-3-5-12(15)6-4-11/h3-6,9-10H,7-8H2,1-2H3,(H,16,17). The van der Waals surface area contributed by atoms with Crippen LogP contribution in [0.25, 0.3) is 11.3 Å². The van der Waals surface area contributed by atoms with Crippen molar-refractivity contribution in [3.63, 3.8) is 0 Å². The molecule has 19 heavy (non-hydrogen) atoms. The van der Waals surface area contributed by atoms with E-state index < -0.39 is 0 Å². The van der Waals surface area contributed by atoms with Crippen molar-refractivity contribution in [1.29, 1.82) is 0 Å². The Morgan fingerprint density at radius 3 is 2.79 bits per heavy atom. The zero-order valence-corrected chi connectivity index (χ0v) is 11.8. The molecule has 1 unspecified atom stereocenters. The highest BCUT2D eigenvalue weighted by molar-refractivity contribution is 7.14. The van der Waals surface area contributed by atoms with Crippen LogP contribution in [-0.2, 0) is 4.74 Å². The Morgan fingerprint density at radius 2 is 2.11 bits per heavy atom. The highest BCUT2D eigenvalue weighted by Crippen LogP contribution is 2.25. The first-order valence-corrected chi connectivity index (χ1v) is 7.04. The maximum absolute atomic E-state index is 12.9. The van der Waals surface area contributed by atoms with E-state index in [-0.39, 0.29) is 5.82 Å². The molecule has 0 saturated carbocycles. The van der Waals surface area contributed by atoms with Crippen molar-refractivity contribution >= 4 is 16.5 Å². The van der Waals surface area contributed by atoms with Crippen molar-refractivity contribution < 1.29 is 9.13 Å². The maximum atomic E-state index is 12.9. The van der Waals surface area contributed by atoms with Crippen molar-refractivity contribution in [1.82, 2.24) is 4.98 Å². The Labute approximate surface area is 116 Å². The first-order valence-electron chi connectivity index (χ1n) is 6.16. The van der Waals surface area contributed by atoms with E-state index in [1.54, 1.807) is 30.6 Å². The van der Waals surface area contributed by atoms with Gasteiger partial charge in [-0.05, 0) is 37.6 Å². The third kappa shape index (κ3) is 4.01. The van der Waals surface area contributed by atoms with Crippen LogP contribution in [0.4, 0.5) is 9.52 Å². The summed E-state index contributed by atoms with van der Waals surface area (Å²) in [6.07, 6.45) is 0.933. The van der Waals surface area contributed by atoms with Crippen LogP contribution in [0.15, 0.2) is 29.6 Å². The second-order valence-electron chi connectivity index (χ2n) is 4.37. The smallest absolute Gasteiger partial charge is 0.183 e. The molecule has 0 saturated heterocycles. The molecule has 0 spiro atoms. The summed E-state index contributed by atoms with van der Waals surface area (Å²) < 4.78 is 17.9. The molecule has 1 atom stereocenters. The summed E-state index contributed by atoms with van der Waals surface area (Å²) in [6, 6.07) is 6.68. The summed E-state index contributed by atoms with van der Waals surface area (Å²) in [6.45, 7) is 2.82. The van der Waals surface area contributed by atoms with Crippen LogP contribution in [0, 0.1) is 5.82 Å². The normalized spacial score (nSPS) is 12.4. The average molecular weight is 280 g/mol. The van der Waals surface area contributed by atoms with Crippen LogP contribution in [0.3, 0.4) is 0 Å². The Hall–Kier alpha value is -1.46. The lowest BCUT2D eigenvalue weighted by molar-refractivity contribution is 0.191. The van der Waals surface area contributed by atoms with Crippen LogP contribution in [0.2, 0.25) is 0 Å². The van der Waals surface area contributed by atoms with Crippen molar-refractivity contribution in [2.75, 3.05) is 19.0 Å². The van der Waals surface area contributed by atoms with E-state index in [0.717, 1.165) is 29.4 Å². The second-order valence-corrected chi connectivity index (χ2v) is 5.23. The molecule has 1 heterocycles. The number of hydrogen-bond donors (Lipinski definition) is 1. The number of thiazole rings is 1. The molecule has 5 heteroatoms. The summed E-state index contributed by atoms with van der Waals surface area (Å²) >= 11 is 1.55. The highest BCUT2D eigenvalue weighted by Gasteiger charge is 2.07. The van der Waals surface area contributed by atoms with Gasteiger partial charge in [-0.1, -0.05) is 0 Å². The Bertz CT molecular complexity index is 512. The molecule has 0 bridgehead atoms. The van der Waals surface area contributed by atoms with Gasteiger partial charge in [0.05, 0.1) is 5.69 Å². The van der Waals surface area contributed by atoms with Gasteiger partial charge in [-0.25, -0.2) is 9.37 Å². The lowest BCUT2D eigenvalue weighted by atomic mass is 10.2. The quantitative estimate of drug-likeness (QED) is 0.874. The number of anilines is 1. The number of nitrogens with zero attached hydrogens (tertiary/aromatic N) is 1. The summed E-state index contributed by atoms with van der Waals surface area (Å²) in [7, 11) is 1.70. The zero-order valence-electron chi connectivity index (χ0n) is 11.0. The van der Waals surface area contributed by atoms with Crippen molar-refractivity contribution in [2.45, 2.75) is 19.4 Å². The van der Waals surface area contributed by atoms with E-state index in [0.29, 0.717) is 6.04 Å². The third-order valence-electron chi connectivity index (χ3n) is 2.77. The number of aromatic nitrogens is 1. The molecular weight excluding hydrogens is 263 g/mol. The molecule has 2 rings (SSSR count). The number of nitrogens with one attached hydrogen (secondary N) is 1. The van der Waals surface area contributed by atoms with Crippen LogP contribution in [0.1, 0.15) is 13.3 Å². The van der Waals surface area contributed by atoms with E-state index >= 15 is 0 Å². The van der Waals surface area contributed by atoms with Gasteiger partial charge in [0.25, 0.3) is 0 Å². The molecule has 1 aromatic heterocycles. The number of rotatable bonds is 6. The molecule has 1 N–H and O–H groups in total. The van der Waals surface area contributed by atoms with Crippen molar-refractivity contribution in [2.24, 2.45) is 0 Å². The highest BCUT2D eigenvalue weighted by atomic mass is 32.1. The van der Waals surface area contributed by atoms with Gasteiger partial charge in [0.15, 0.2) is 5.13 Å². The zero-order chi connectivity index (χ0) is 13.7. The molecule has 102 valence electrons. The Morgan fingerprint density at radius 1 is 1.37 bits per heavy atom. The van der Waals surface area contributed by atoms with E-state index in [2.05, 4.69) is 17.2 Å². The van der Waals surface area contributed by atoms with Crippen LogP contribution in [-0.4, -0.2) is 24.7 Å². The van der Waals surface area contributed by atoms with Gasteiger partial charge in [0.1, 0.15) is 5.82 Å². The van der Waals surface area contributed by atoms with Gasteiger partial charge in [-0.2, -0.15) is 0 Å². The minimum atomic E-state index is -0.231. The molecule has 0 fully saturated rings. The minimum Gasteiger partial charge on any atom is -0.385 e. The SMILES string of the molecule is COCCC(C)Nc1nc(-c2ccc(F)cc2)cs1. The summed E-state index contributed by atoms with van der Waals surface area (Å²) in [5, 5.41) is 6.18. The van der Waals surface area contributed by atoms with Gasteiger partial charge in [-0.15, -0.1) is 11.3 Å². The summed E-state index contributed by atoms with van der Waals surface area (Å²) in [4.78, 5) is 4.50.